The van der Waals surface area contributed by atoms with Gasteiger partial charge in [0.1, 0.15) is 5.82 Å². The summed E-state index contributed by atoms with van der Waals surface area (Å²) >= 11 is 0. The zero-order valence-corrected chi connectivity index (χ0v) is 30.3. The molecule has 0 saturated carbocycles. The van der Waals surface area contributed by atoms with Crippen LogP contribution in [0.1, 0.15) is 11.5 Å². The van der Waals surface area contributed by atoms with Crippen LogP contribution in [-0.4, -0.2) is 30.5 Å². The van der Waals surface area contributed by atoms with Crippen LogP contribution in [0.15, 0.2) is 194 Å². The Bertz CT molecular complexity index is 2910. The molecule has 0 spiro atoms. The first-order valence-electron chi connectivity index (χ1n) is 19.0. The van der Waals surface area contributed by atoms with Crippen LogP contribution in [0.3, 0.4) is 0 Å². The molecular formula is C50H34N6. The van der Waals surface area contributed by atoms with Crippen LogP contribution in [-0.2, 0) is 0 Å². The Labute approximate surface area is 324 Å². The molecule has 0 fully saturated rings. The Morgan fingerprint density at radius 1 is 0.429 bits per heavy atom. The van der Waals surface area contributed by atoms with Crippen molar-refractivity contribution in [3.63, 3.8) is 0 Å². The molecule has 6 heteroatoms. The van der Waals surface area contributed by atoms with E-state index in [1.807, 2.05) is 66.7 Å². The number of allylic oxidation sites excluding steroid dienone is 2. The molecular weight excluding hydrogens is 685 g/mol. The van der Waals surface area contributed by atoms with Crippen LogP contribution in [0, 0.1) is 0 Å². The van der Waals surface area contributed by atoms with Gasteiger partial charge in [-0.3, -0.25) is 0 Å². The summed E-state index contributed by atoms with van der Waals surface area (Å²) in [6, 6.07) is 59.1. The van der Waals surface area contributed by atoms with Gasteiger partial charge in [0, 0.05) is 44.6 Å². The van der Waals surface area contributed by atoms with Crippen molar-refractivity contribution in [3.05, 3.63) is 200 Å². The molecule has 0 bridgehead atoms. The molecule has 1 aliphatic heterocycles. The van der Waals surface area contributed by atoms with Gasteiger partial charge in [-0.15, -0.1) is 0 Å². The molecule has 4 heterocycles. The zero-order valence-electron chi connectivity index (χ0n) is 30.3. The van der Waals surface area contributed by atoms with Gasteiger partial charge in [-0.25, -0.2) is 19.9 Å². The maximum atomic E-state index is 5.30. The smallest absolute Gasteiger partial charge is 0.164 e. The molecule has 11 rings (SSSR count). The van der Waals surface area contributed by atoms with E-state index in [9.17, 15) is 0 Å². The van der Waals surface area contributed by atoms with E-state index in [4.69, 9.17) is 19.9 Å². The van der Waals surface area contributed by atoms with Crippen LogP contribution >= 0.6 is 0 Å². The summed E-state index contributed by atoms with van der Waals surface area (Å²) in [5.41, 5.74) is 10.8. The number of nitrogens with zero attached hydrogens (tertiary/aromatic N) is 6. The number of benzene rings is 6. The lowest BCUT2D eigenvalue weighted by atomic mass is 9.91. The van der Waals surface area contributed by atoms with Gasteiger partial charge in [-0.2, -0.15) is 0 Å². The zero-order chi connectivity index (χ0) is 37.0. The first-order valence-corrected chi connectivity index (χ1v) is 19.0. The third kappa shape index (κ3) is 5.26. The minimum Gasteiger partial charge on any atom is -0.318 e. The van der Waals surface area contributed by atoms with E-state index in [-0.39, 0.29) is 12.0 Å². The van der Waals surface area contributed by atoms with Gasteiger partial charge in [0.05, 0.1) is 28.5 Å². The fraction of sp³-hybridized carbons (Fsp3) is 0.0400. The van der Waals surface area contributed by atoms with E-state index in [0.717, 1.165) is 50.5 Å². The summed E-state index contributed by atoms with van der Waals surface area (Å²) in [6.07, 6.45) is 9.00. The summed E-state index contributed by atoms with van der Waals surface area (Å²) in [4.78, 5) is 22.6. The second-order valence-electron chi connectivity index (χ2n) is 14.2. The number of fused-ring (bicyclic) bond motifs is 7. The van der Waals surface area contributed by atoms with E-state index < -0.39 is 0 Å². The summed E-state index contributed by atoms with van der Waals surface area (Å²) in [6.45, 7) is 0. The van der Waals surface area contributed by atoms with E-state index in [1.54, 1.807) is 0 Å². The maximum Gasteiger partial charge on any atom is 0.164 e. The number of pyridine rings is 1. The van der Waals surface area contributed by atoms with Crippen molar-refractivity contribution in [2.75, 3.05) is 4.90 Å². The van der Waals surface area contributed by atoms with E-state index in [2.05, 4.69) is 137 Å². The lowest BCUT2D eigenvalue weighted by molar-refractivity contribution is 0.739. The van der Waals surface area contributed by atoms with Crippen molar-refractivity contribution in [2.45, 2.75) is 12.0 Å². The van der Waals surface area contributed by atoms with Crippen molar-refractivity contribution in [1.29, 1.82) is 0 Å². The van der Waals surface area contributed by atoms with Crippen LogP contribution in [0.5, 0.6) is 0 Å². The number of hydrogen-bond acceptors (Lipinski definition) is 5. The molecule has 2 atom stereocenters. The molecule has 264 valence electrons. The number of hydrogen-bond donors (Lipinski definition) is 0. The lowest BCUT2D eigenvalue weighted by Gasteiger charge is -2.28. The number of para-hydroxylation sites is 1. The third-order valence-electron chi connectivity index (χ3n) is 11.0. The second kappa shape index (κ2) is 13.1. The molecule has 0 N–H and O–H groups in total. The number of rotatable bonds is 6. The molecule has 6 aromatic carbocycles. The van der Waals surface area contributed by atoms with Gasteiger partial charge in [0.2, 0.25) is 0 Å². The lowest BCUT2D eigenvalue weighted by Crippen LogP contribution is -2.29. The predicted octanol–water partition coefficient (Wildman–Crippen LogP) is 11.8. The Hall–Kier alpha value is -7.44. The molecule has 1 aliphatic carbocycles. The molecule has 9 aromatic rings. The number of aromatic nitrogens is 5. The fourth-order valence-electron chi connectivity index (χ4n) is 8.44. The van der Waals surface area contributed by atoms with Gasteiger partial charge in [0.25, 0.3) is 0 Å². The van der Waals surface area contributed by atoms with Crippen molar-refractivity contribution >= 4 is 33.3 Å². The van der Waals surface area contributed by atoms with Gasteiger partial charge >= 0.3 is 0 Å². The SMILES string of the molecule is C1=CC2c3ccc4c(c3N(c3cccc(-c5ccccc5)n3)C2C=C1)c1ccccc1n4-c1ccc(-c2nc(-c3ccccc3)nc(-c3ccccc3)n2)cc1. The molecule has 2 unspecified atom stereocenters. The average Bonchev–Trinajstić information content (AvgIpc) is 3.80. The summed E-state index contributed by atoms with van der Waals surface area (Å²) in [7, 11) is 0. The highest BCUT2D eigenvalue weighted by Crippen LogP contribution is 2.52. The Kier molecular flexibility index (Phi) is 7.52. The molecule has 56 heavy (non-hydrogen) atoms. The summed E-state index contributed by atoms with van der Waals surface area (Å²) in [5, 5.41) is 2.43. The molecule has 0 amide bonds. The third-order valence-corrected chi connectivity index (χ3v) is 11.0. The Morgan fingerprint density at radius 3 is 1.70 bits per heavy atom. The van der Waals surface area contributed by atoms with Gasteiger partial charge in [0.15, 0.2) is 17.5 Å². The number of anilines is 2. The molecule has 0 saturated heterocycles. The van der Waals surface area contributed by atoms with Crippen molar-refractivity contribution in [3.8, 4) is 51.1 Å². The molecule has 2 aliphatic rings. The largest absolute Gasteiger partial charge is 0.318 e. The summed E-state index contributed by atoms with van der Waals surface area (Å²) in [5.74, 6) is 3.08. The normalized spacial score (nSPS) is 15.7. The highest BCUT2D eigenvalue weighted by Gasteiger charge is 2.40. The first-order chi connectivity index (χ1) is 27.8. The van der Waals surface area contributed by atoms with Gasteiger partial charge < -0.3 is 9.47 Å². The average molecular weight is 719 g/mol. The van der Waals surface area contributed by atoms with Crippen LogP contribution in [0.4, 0.5) is 11.5 Å². The van der Waals surface area contributed by atoms with E-state index in [0.29, 0.717) is 17.5 Å². The minimum atomic E-state index is 0.113. The second-order valence-corrected chi connectivity index (χ2v) is 14.2. The van der Waals surface area contributed by atoms with Crippen molar-refractivity contribution in [2.24, 2.45) is 0 Å². The first kappa shape index (κ1) is 32.0. The van der Waals surface area contributed by atoms with E-state index >= 15 is 0 Å². The summed E-state index contributed by atoms with van der Waals surface area (Å²) < 4.78 is 2.38. The minimum absolute atomic E-state index is 0.113. The fourth-order valence-corrected chi connectivity index (χ4v) is 8.44. The molecule has 6 nitrogen and oxygen atoms in total. The quantitative estimate of drug-likeness (QED) is 0.171. The van der Waals surface area contributed by atoms with E-state index in [1.165, 1.54) is 22.0 Å². The van der Waals surface area contributed by atoms with Gasteiger partial charge in [-0.05, 0) is 54.1 Å². The Morgan fingerprint density at radius 2 is 1.02 bits per heavy atom. The van der Waals surface area contributed by atoms with Gasteiger partial charge in [-0.1, -0.05) is 146 Å². The van der Waals surface area contributed by atoms with Crippen LogP contribution < -0.4 is 4.90 Å². The van der Waals surface area contributed by atoms with Crippen LogP contribution in [0.25, 0.3) is 72.9 Å². The molecule has 0 radical (unpaired) electrons. The highest BCUT2D eigenvalue weighted by atomic mass is 15.2. The monoisotopic (exact) mass is 718 g/mol. The topological polar surface area (TPSA) is 59.7 Å². The Balaban J connectivity index is 1.06. The van der Waals surface area contributed by atoms with Crippen molar-refractivity contribution < 1.29 is 0 Å². The van der Waals surface area contributed by atoms with Crippen molar-refractivity contribution in [1.82, 2.24) is 24.5 Å². The van der Waals surface area contributed by atoms with Crippen LogP contribution in [0.2, 0.25) is 0 Å². The predicted molar refractivity (Wildman–Crippen MR) is 227 cm³/mol. The standard InChI is InChI=1S/C50H34N6/c1-4-15-33(16-5-1)41-23-14-26-45(51-41)56-42-24-12-10-21-38(42)39-31-32-44-46(47(39)56)40-22-11-13-25-43(40)55(44)37-29-27-36(28-30-37)50-53-48(34-17-6-2-7-18-34)52-49(54-50)35-19-8-3-9-20-35/h1-32,38,42H. The molecule has 3 aromatic heterocycles. The highest BCUT2D eigenvalue weighted by molar-refractivity contribution is 6.17. The maximum absolute atomic E-state index is 5.30.